The first-order valence-electron chi connectivity index (χ1n) is 6.94. The lowest BCUT2D eigenvalue weighted by Gasteiger charge is -2.11. The van der Waals surface area contributed by atoms with Crippen LogP contribution >= 0.6 is 15.9 Å². The van der Waals surface area contributed by atoms with E-state index in [4.69, 9.17) is 5.73 Å². The van der Waals surface area contributed by atoms with Crippen LogP contribution in [0.5, 0.6) is 0 Å². The van der Waals surface area contributed by atoms with E-state index in [1.807, 2.05) is 13.0 Å². The van der Waals surface area contributed by atoms with E-state index in [9.17, 15) is 0 Å². The van der Waals surface area contributed by atoms with Crippen molar-refractivity contribution in [3.63, 3.8) is 0 Å². The highest BCUT2D eigenvalue weighted by molar-refractivity contribution is 9.10. The van der Waals surface area contributed by atoms with E-state index in [1.165, 1.54) is 38.5 Å². The molecule has 2 nitrogen and oxygen atoms in total. The van der Waals surface area contributed by atoms with Gasteiger partial charge >= 0.3 is 0 Å². The third-order valence-electron chi connectivity index (χ3n) is 3.20. The fourth-order valence-electron chi connectivity index (χ4n) is 1.96. The third-order valence-corrected chi connectivity index (χ3v) is 3.86. The molecule has 0 saturated carbocycles. The van der Waals surface area contributed by atoms with Gasteiger partial charge in [0.05, 0.1) is 0 Å². The van der Waals surface area contributed by atoms with Crippen molar-refractivity contribution in [3.05, 3.63) is 22.2 Å². The third kappa shape index (κ3) is 5.30. The number of halogens is 1. The van der Waals surface area contributed by atoms with Crippen LogP contribution in [0, 0.1) is 6.92 Å². The van der Waals surface area contributed by atoms with Gasteiger partial charge in [-0.3, -0.25) is 0 Å². The van der Waals surface area contributed by atoms with Gasteiger partial charge in [-0.1, -0.05) is 39.0 Å². The lowest BCUT2D eigenvalue weighted by molar-refractivity contribution is 0.617. The van der Waals surface area contributed by atoms with E-state index < -0.39 is 0 Å². The zero-order chi connectivity index (χ0) is 13.4. The van der Waals surface area contributed by atoms with E-state index >= 15 is 0 Å². The highest BCUT2D eigenvalue weighted by atomic mass is 79.9. The predicted octanol–water partition coefficient (Wildman–Crippen LogP) is 5.11. The number of hydrogen-bond donors (Lipinski definition) is 2. The quantitative estimate of drug-likeness (QED) is 0.517. The van der Waals surface area contributed by atoms with Crippen LogP contribution in [-0.4, -0.2) is 6.54 Å². The molecule has 0 radical (unpaired) electrons. The summed E-state index contributed by atoms with van der Waals surface area (Å²) >= 11 is 3.54. The van der Waals surface area contributed by atoms with Crippen molar-refractivity contribution < 1.29 is 0 Å². The predicted molar refractivity (Wildman–Crippen MR) is 85.2 cm³/mol. The van der Waals surface area contributed by atoms with E-state index in [0.717, 1.165) is 28.0 Å². The summed E-state index contributed by atoms with van der Waals surface area (Å²) in [7, 11) is 0. The topological polar surface area (TPSA) is 38.0 Å². The molecule has 3 N–H and O–H groups in total. The Kier molecular flexibility index (Phi) is 7.18. The normalized spacial score (nSPS) is 10.6. The summed E-state index contributed by atoms with van der Waals surface area (Å²) in [5.74, 6) is 0. The molecule has 0 fully saturated rings. The molecule has 102 valence electrons. The number of aryl methyl sites for hydroxylation is 1. The van der Waals surface area contributed by atoms with Crippen molar-refractivity contribution in [2.24, 2.45) is 0 Å². The van der Waals surface area contributed by atoms with Gasteiger partial charge < -0.3 is 11.1 Å². The summed E-state index contributed by atoms with van der Waals surface area (Å²) in [6, 6.07) is 4.08. The Bertz CT molecular complexity index is 364. The van der Waals surface area contributed by atoms with Crippen LogP contribution in [0.2, 0.25) is 0 Å². The van der Waals surface area contributed by atoms with E-state index in [1.54, 1.807) is 0 Å². The SMILES string of the molecule is CCCCCCCCNc1cc(C)c(N)cc1Br. The van der Waals surface area contributed by atoms with Gasteiger partial charge in [-0.05, 0) is 47.0 Å². The molecule has 0 unspecified atom stereocenters. The van der Waals surface area contributed by atoms with E-state index in [-0.39, 0.29) is 0 Å². The fourth-order valence-corrected chi connectivity index (χ4v) is 2.46. The number of nitrogen functional groups attached to an aromatic ring is 1. The van der Waals surface area contributed by atoms with Crippen molar-refractivity contribution in [1.82, 2.24) is 0 Å². The first-order valence-corrected chi connectivity index (χ1v) is 7.74. The Labute approximate surface area is 119 Å². The van der Waals surface area contributed by atoms with Crippen LogP contribution in [0.25, 0.3) is 0 Å². The zero-order valence-electron chi connectivity index (χ0n) is 11.6. The number of anilines is 2. The molecular formula is C15H25BrN2. The molecule has 1 rings (SSSR count). The number of nitrogens with two attached hydrogens (primary N) is 1. The van der Waals surface area contributed by atoms with Crippen LogP contribution in [0.3, 0.4) is 0 Å². The molecule has 1 aromatic rings. The van der Waals surface area contributed by atoms with Crippen LogP contribution in [-0.2, 0) is 0 Å². The van der Waals surface area contributed by atoms with Crippen LogP contribution in [0.15, 0.2) is 16.6 Å². The Hall–Kier alpha value is -0.700. The van der Waals surface area contributed by atoms with Gasteiger partial charge in [-0.25, -0.2) is 0 Å². The minimum atomic E-state index is 0.840. The number of nitrogens with one attached hydrogen (secondary N) is 1. The van der Waals surface area contributed by atoms with Gasteiger partial charge in [0.25, 0.3) is 0 Å². The lowest BCUT2D eigenvalue weighted by atomic mass is 10.1. The molecule has 0 aliphatic carbocycles. The summed E-state index contributed by atoms with van der Waals surface area (Å²) < 4.78 is 1.05. The van der Waals surface area contributed by atoms with Crippen molar-refractivity contribution in [2.75, 3.05) is 17.6 Å². The molecule has 0 saturated heterocycles. The van der Waals surface area contributed by atoms with Gasteiger partial charge in [0.2, 0.25) is 0 Å². The molecule has 0 heterocycles. The van der Waals surface area contributed by atoms with Crippen molar-refractivity contribution >= 4 is 27.3 Å². The van der Waals surface area contributed by atoms with Gasteiger partial charge in [0.15, 0.2) is 0 Å². The number of benzene rings is 1. The standard InChI is InChI=1S/C15H25BrN2/c1-3-4-5-6-7-8-9-18-15-10-12(2)14(17)11-13(15)16/h10-11,18H,3-9,17H2,1-2H3. The van der Waals surface area contributed by atoms with Crippen molar-refractivity contribution in [2.45, 2.75) is 52.4 Å². The molecule has 0 aliphatic heterocycles. The van der Waals surface area contributed by atoms with Gasteiger partial charge in [0.1, 0.15) is 0 Å². The fraction of sp³-hybridized carbons (Fsp3) is 0.600. The monoisotopic (exact) mass is 312 g/mol. The second-order valence-corrected chi connectivity index (χ2v) is 5.74. The number of rotatable bonds is 8. The second kappa shape index (κ2) is 8.41. The first kappa shape index (κ1) is 15.4. The molecular weight excluding hydrogens is 288 g/mol. The van der Waals surface area contributed by atoms with Crippen LogP contribution in [0.4, 0.5) is 11.4 Å². The summed E-state index contributed by atoms with van der Waals surface area (Å²) in [4.78, 5) is 0. The molecule has 0 amide bonds. The molecule has 0 spiro atoms. The highest BCUT2D eigenvalue weighted by Gasteiger charge is 2.02. The van der Waals surface area contributed by atoms with Gasteiger partial charge in [0, 0.05) is 22.4 Å². The number of hydrogen-bond acceptors (Lipinski definition) is 2. The first-order chi connectivity index (χ1) is 8.65. The summed E-state index contributed by atoms with van der Waals surface area (Å²) in [5, 5.41) is 3.47. The van der Waals surface area contributed by atoms with E-state index in [0.29, 0.717) is 0 Å². The second-order valence-electron chi connectivity index (χ2n) is 4.88. The summed E-state index contributed by atoms with van der Waals surface area (Å²) in [6.45, 7) is 5.33. The Balaban J connectivity index is 2.25. The highest BCUT2D eigenvalue weighted by Crippen LogP contribution is 2.27. The Morgan fingerprint density at radius 2 is 1.78 bits per heavy atom. The van der Waals surface area contributed by atoms with Crippen LogP contribution < -0.4 is 11.1 Å². The Morgan fingerprint density at radius 3 is 2.50 bits per heavy atom. The zero-order valence-corrected chi connectivity index (χ0v) is 13.1. The molecule has 0 aliphatic rings. The molecule has 0 aromatic heterocycles. The van der Waals surface area contributed by atoms with Crippen molar-refractivity contribution in [3.8, 4) is 0 Å². The molecule has 0 bridgehead atoms. The molecule has 18 heavy (non-hydrogen) atoms. The van der Waals surface area contributed by atoms with Crippen LogP contribution in [0.1, 0.15) is 51.0 Å². The Morgan fingerprint density at radius 1 is 1.11 bits per heavy atom. The summed E-state index contributed by atoms with van der Waals surface area (Å²) in [6.07, 6.45) is 7.98. The minimum Gasteiger partial charge on any atom is -0.398 e. The maximum Gasteiger partial charge on any atom is 0.0488 e. The average Bonchev–Trinajstić information content (AvgIpc) is 2.34. The summed E-state index contributed by atoms with van der Waals surface area (Å²) in [5.41, 5.74) is 8.97. The van der Waals surface area contributed by atoms with Gasteiger partial charge in [-0.2, -0.15) is 0 Å². The van der Waals surface area contributed by atoms with E-state index in [2.05, 4.69) is 34.2 Å². The maximum atomic E-state index is 5.85. The molecule has 1 aromatic carbocycles. The van der Waals surface area contributed by atoms with Crippen molar-refractivity contribution in [1.29, 1.82) is 0 Å². The number of unbranched alkanes of at least 4 members (excludes halogenated alkanes) is 5. The smallest absolute Gasteiger partial charge is 0.0488 e. The minimum absolute atomic E-state index is 0.840. The average molecular weight is 313 g/mol. The maximum absolute atomic E-state index is 5.85. The largest absolute Gasteiger partial charge is 0.398 e. The van der Waals surface area contributed by atoms with Gasteiger partial charge in [-0.15, -0.1) is 0 Å². The lowest BCUT2D eigenvalue weighted by Crippen LogP contribution is -2.03. The molecule has 0 atom stereocenters. The molecule has 3 heteroatoms.